The zero-order valence-electron chi connectivity index (χ0n) is 24.7. The number of benzene rings is 1. The molecule has 0 atom stereocenters. The zero-order valence-corrected chi connectivity index (χ0v) is 28.8. The van der Waals surface area contributed by atoms with Crippen molar-refractivity contribution in [3.63, 3.8) is 0 Å². The van der Waals surface area contributed by atoms with E-state index >= 15 is 0 Å². The molecule has 0 amide bonds. The van der Waals surface area contributed by atoms with Gasteiger partial charge in [0, 0.05) is 0 Å². The molecule has 0 fully saturated rings. The Morgan fingerprint density at radius 3 is 1.11 bits per heavy atom. The normalized spacial score (nSPS) is 10.4. The molecular weight excluding hydrogens is 588 g/mol. The average molecular weight is 648 g/mol. The van der Waals surface area contributed by atoms with Crippen LogP contribution in [0.15, 0.2) is 30.3 Å². The molecule has 0 aliphatic carbocycles. The van der Waals surface area contributed by atoms with Gasteiger partial charge >= 0.3 is 72.7 Å². The van der Waals surface area contributed by atoms with E-state index < -0.39 is 0 Å². The van der Waals surface area contributed by atoms with Crippen LogP contribution >= 0.6 is 25.4 Å². The van der Waals surface area contributed by atoms with Gasteiger partial charge in [0.2, 0.25) is 0 Å². The molecule has 4 heteroatoms. The van der Waals surface area contributed by atoms with Crippen molar-refractivity contribution in [2.45, 2.75) is 119 Å². The van der Waals surface area contributed by atoms with Gasteiger partial charge in [0.15, 0.2) is 0 Å². The Hall–Kier alpha value is 0.592. The second kappa shape index (κ2) is 33.6. The number of hydrogen-bond donors (Lipinski definition) is 0. The van der Waals surface area contributed by atoms with Gasteiger partial charge in [0.05, 0.1) is 0 Å². The van der Waals surface area contributed by atoms with Crippen LogP contribution in [-0.4, -0.2) is 37.0 Å². The van der Waals surface area contributed by atoms with E-state index in [9.17, 15) is 0 Å². The summed E-state index contributed by atoms with van der Waals surface area (Å²) in [6.45, 7) is 13.9. The van der Waals surface area contributed by atoms with Crippen LogP contribution in [0, 0.1) is 10.3 Å². The molecular formula is C32H59ClP2Pd. The van der Waals surface area contributed by atoms with Gasteiger partial charge in [0.1, 0.15) is 0 Å². The molecule has 0 unspecified atom stereocenters. The molecule has 0 aliphatic rings. The fourth-order valence-electron chi connectivity index (χ4n) is 3.54. The third-order valence-electron chi connectivity index (χ3n) is 5.95. The third kappa shape index (κ3) is 29.2. The van der Waals surface area contributed by atoms with Crippen molar-refractivity contribution < 1.29 is 17.0 Å². The third-order valence-corrected chi connectivity index (χ3v) is 12.3. The molecule has 0 bridgehead atoms. The Labute approximate surface area is 242 Å². The molecule has 1 rings (SSSR count). The zero-order chi connectivity index (χ0) is 27.1. The van der Waals surface area contributed by atoms with Crippen molar-refractivity contribution in [3.05, 3.63) is 35.9 Å². The topological polar surface area (TPSA) is 0 Å². The molecule has 0 nitrogen and oxygen atoms in total. The van der Waals surface area contributed by atoms with Gasteiger partial charge in [-0.05, 0) is 75.5 Å². The monoisotopic (exact) mass is 646 g/mol. The molecule has 0 N–H and O–H groups in total. The van der Waals surface area contributed by atoms with E-state index in [2.05, 4.69) is 51.9 Å². The van der Waals surface area contributed by atoms with Gasteiger partial charge in [-0.25, -0.2) is 0 Å². The summed E-state index contributed by atoms with van der Waals surface area (Å²) in [6.07, 6.45) is 26.4. The van der Waals surface area contributed by atoms with Gasteiger partial charge in [-0.1, -0.05) is 80.1 Å². The fourth-order valence-corrected chi connectivity index (χ4v) is 9.94. The van der Waals surface area contributed by atoms with Gasteiger partial charge in [-0.15, -0.1) is 15.8 Å². The SMILES string of the molecule is CCCCP(CCCC)CCCC.CCCCP(CCCC)CCCC.[Cl][Pd][C]#Cc1ccccc1. The predicted molar refractivity (Wildman–Crippen MR) is 172 cm³/mol. The van der Waals surface area contributed by atoms with Crippen molar-refractivity contribution in [2.24, 2.45) is 0 Å². The molecule has 0 spiro atoms. The molecule has 1 aromatic carbocycles. The maximum atomic E-state index is 5.43. The first-order valence-electron chi connectivity index (χ1n) is 14.8. The van der Waals surface area contributed by atoms with Crippen LogP contribution in [0.4, 0.5) is 0 Å². The predicted octanol–water partition coefficient (Wildman–Crippen LogP) is 12.0. The number of halogens is 1. The first-order chi connectivity index (χ1) is 17.6. The van der Waals surface area contributed by atoms with E-state index in [4.69, 9.17) is 9.53 Å². The van der Waals surface area contributed by atoms with E-state index in [1.165, 1.54) is 77.0 Å². The summed E-state index contributed by atoms with van der Waals surface area (Å²) in [4.78, 5) is 0. The maximum absolute atomic E-state index is 5.43. The van der Waals surface area contributed by atoms with Crippen molar-refractivity contribution >= 4 is 25.4 Å². The quantitative estimate of drug-likeness (QED) is 0.0845. The molecule has 0 saturated carbocycles. The summed E-state index contributed by atoms with van der Waals surface area (Å²) in [6, 6.07) is 9.82. The van der Waals surface area contributed by atoms with Crippen molar-refractivity contribution in [1.82, 2.24) is 0 Å². The van der Waals surface area contributed by atoms with Crippen LogP contribution < -0.4 is 0 Å². The van der Waals surface area contributed by atoms with Gasteiger partial charge in [-0.2, -0.15) is 0 Å². The Balaban J connectivity index is 0. The fraction of sp³-hybridized carbons (Fsp3) is 0.750. The summed E-state index contributed by atoms with van der Waals surface area (Å²) in [5, 5.41) is 0. The summed E-state index contributed by atoms with van der Waals surface area (Å²) in [7, 11) is 6.27. The number of hydrogen-bond acceptors (Lipinski definition) is 0. The van der Waals surface area contributed by atoms with Crippen LogP contribution in [-0.2, 0) is 17.0 Å². The Morgan fingerprint density at radius 1 is 0.556 bits per heavy atom. The number of rotatable bonds is 18. The summed E-state index contributed by atoms with van der Waals surface area (Å²) in [5.41, 5.74) is 1.03. The summed E-state index contributed by atoms with van der Waals surface area (Å²) >= 11 is 0.0318. The minimum atomic E-state index is 0.0318. The van der Waals surface area contributed by atoms with Crippen molar-refractivity contribution in [2.75, 3.05) is 37.0 Å². The Bertz CT molecular complexity index is 523. The van der Waals surface area contributed by atoms with Crippen LogP contribution in [0.5, 0.6) is 0 Å². The molecule has 0 heterocycles. The standard InChI is InChI=1S/2C12H27P.C8H5.ClH.Pd/c2*1-4-7-10-13(11-8-5-2)12-9-6-3;1-2-8-6-4-3-5-7-8;;/h2*4-12H2,1-3H3;3-7H;1H;/q;;;;+1/p-1. The van der Waals surface area contributed by atoms with Gasteiger partial charge in [0.25, 0.3) is 0 Å². The number of unbranched alkanes of at least 4 members (excludes halogenated alkanes) is 6. The van der Waals surface area contributed by atoms with E-state index in [1.807, 2.05) is 30.3 Å². The first-order valence-corrected chi connectivity index (χ1v) is 21.4. The van der Waals surface area contributed by atoms with Crippen LogP contribution in [0.3, 0.4) is 0 Å². The second-order valence-corrected chi connectivity index (χ2v) is 16.2. The molecule has 36 heavy (non-hydrogen) atoms. The Morgan fingerprint density at radius 2 is 0.861 bits per heavy atom. The first kappa shape index (κ1) is 38.7. The van der Waals surface area contributed by atoms with Crippen molar-refractivity contribution in [3.8, 4) is 10.3 Å². The molecule has 0 aliphatic heterocycles. The van der Waals surface area contributed by atoms with Gasteiger partial charge in [-0.3, -0.25) is 0 Å². The summed E-state index contributed by atoms with van der Waals surface area (Å²) in [5.74, 6) is 2.93. The molecule has 0 aromatic heterocycles. The molecule has 0 saturated heterocycles. The van der Waals surface area contributed by atoms with Crippen molar-refractivity contribution in [1.29, 1.82) is 0 Å². The van der Waals surface area contributed by atoms with E-state index in [0.29, 0.717) is 15.8 Å². The average Bonchev–Trinajstić information content (AvgIpc) is 2.92. The van der Waals surface area contributed by atoms with E-state index in [0.717, 1.165) is 5.56 Å². The van der Waals surface area contributed by atoms with E-state index in [-0.39, 0.29) is 17.0 Å². The van der Waals surface area contributed by atoms with Crippen LogP contribution in [0.25, 0.3) is 0 Å². The van der Waals surface area contributed by atoms with Gasteiger partial charge < -0.3 is 0 Å². The van der Waals surface area contributed by atoms with Crippen LogP contribution in [0.2, 0.25) is 0 Å². The minimum absolute atomic E-state index is 0.0318. The second-order valence-electron chi connectivity index (χ2n) is 9.43. The summed E-state index contributed by atoms with van der Waals surface area (Å²) < 4.78 is 2.83. The molecule has 1 aromatic rings. The van der Waals surface area contributed by atoms with Crippen LogP contribution in [0.1, 0.15) is 124 Å². The Kier molecular flexibility index (Phi) is 36.2. The molecule has 214 valence electrons. The van der Waals surface area contributed by atoms with E-state index in [1.54, 1.807) is 37.0 Å². The molecule has 0 radical (unpaired) electrons.